The average Bonchev–Trinajstić information content (AvgIpc) is 2.58. The molecule has 2 rings (SSSR count). The summed E-state index contributed by atoms with van der Waals surface area (Å²) in [4.78, 5) is 11.9. The summed E-state index contributed by atoms with van der Waals surface area (Å²) in [5.74, 6) is 1.10. The van der Waals surface area contributed by atoms with Crippen molar-refractivity contribution in [1.29, 1.82) is 0 Å². The van der Waals surface area contributed by atoms with Gasteiger partial charge < -0.3 is 9.47 Å². The van der Waals surface area contributed by atoms with Gasteiger partial charge in [0.1, 0.15) is 0 Å². The van der Waals surface area contributed by atoms with E-state index in [-0.39, 0.29) is 5.91 Å². The molecule has 0 saturated carbocycles. The molecule has 1 amide bonds. The summed E-state index contributed by atoms with van der Waals surface area (Å²) in [5, 5.41) is 3.97. The van der Waals surface area contributed by atoms with Crippen LogP contribution in [0.15, 0.2) is 53.6 Å². The van der Waals surface area contributed by atoms with Gasteiger partial charge in [-0.1, -0.05) is 18.2 Å². The van der Waals surface area contributed by atoms with Gasteiger partial charge in [0.2, 0.25) is 0 Å². The number of ether oxygens (including phenoxy) is 2. The monoisotopic (exact) mass is 312 g/mol. The van der Waals surface area contributed by atoms with Crippen molar-refractivity contribution >= 4 is 12.1 Å². The maximum atomic E-state index is 11.9. The van der Waals surface area contributed by atoms with Crippen molar-refractivity contribution in [2.45, 2.75) is 13.8 Å². The van der Waals surface area contributed by atoms with Crippen LogP contribution in [0.1, 0.15) is 29.8 Å². The zero-order valence-corrected chi connectivity index (χ0v) is 13.3. The molecule has 0 fully saturated rings. The van der Waals surface area contributed by atoms with Crippen molar-refractivity contribution in [3.63, 3.8) is 0 Å². The Kier molecular flexibility index (Phi) is 6.17. The summed E-state index contributed by atoms with van der Waals surface area (Å²) in [5.41, 5.74) is 3.87. The molecule has 23 heavy (non-hydrogen) atoms. The van der Waals surface area contributed by atoms with Gasteiger partial charge in [0.05, 0.1) is 19.4 Å². The molecule has 0 radical (unpaired) electrons. The van der Waals surface area contributed by atoms with E-state index in [1.807, 2.05) is 38.1 Å². The van der Waals surface area contributed by atoms with Crippen LogP contribution in [0.25, 0.3) is 0 Å². The maximum Gasteiger partial charge on any atom is 0.271 e. The first-order valence-corrected chi connectivity index (χ1v) is 7.52. The zero-order chi connectivity index (χ0) is 16.5. The smallest absolute Gasteiger partial charge is 0.271 e. The molecule has 0 unspecified atom stereocenters. The van der Waals surface area contributed by atoms with Crippen LogP contribution in [0, 0.1) is 0 Å². The molecule has 2 aromatic carbocycles. The number of nitrogens with one attached hydrogen (secondary N) is 1. The topological polar surface area (TPSA) is 59.9 Å². The third kappa shape index (κ3) is 4.85. The SMILES string of the molecule is CCOc1ccc(/C=N/NC(=O)c2ccccc2)cc1OCC. The van der Waals surface area contributed by atoms with Crippen LogP contribution in [-0.4, -0.2) is 25.3 Å². The second-order valence-corrected chi connectivity index (χ2v) is 4.64. The molecule has 0 saturated heterocycles. The van der Waals surface area contributed by atoms with Crippen molar-refractivity contribution in [3.05, 3.63) is 59.7 Å². The molecule has 120 valence electrons. The molecule has 2 aromatic rings. The number of hydrogen-bond acceptors (Lipinski definition) is 4. The summed E-state index contributed by atoms with van der Waals surface area (Å²) in [6.07, 6.45) is 1.57. The van der Waals surface area contributed by atoms with Crippen molar-refractivity contribution in [3.8, 4) is 11.5 Å². The Bertz CT molecular complexity index is 669. The van der Waals surface area contributed by atoms with Gasteiger partial charge in [-0.25, -0.2) is 5.43 Å². The van der Waals surface area contributed by atoms with Crippen molar-refractivity contribution < 1.29 is 14.3 Å². The predicted molar refractivity (Wildman–Crippen MR) is 90.3 cm³/mol. The number of benzene rings is 2. The van der Waals surface area contributed by atoms with Crippen molar-refractivity contribution in [2.75, 3.05) is 13.2 Å². The first kappa shape index (κ1) is 16.5. The van der Waals surface area contributed by atoms with E-state index in [0.29, 0.717) is 30.3 Å². The summed E-state index contributed by atoms with van der Waals surface area (Å²) in [6.45, 7) is 4.95. The number of carbonyl (C=O) groups is 1. The quantitative estimate of drug-likeness (QED) is 0.630. The highest BCUT2D eigenvalue weighted by atomic mass is 16.5. The van der Waals surface area contributed by atoms with E-state index in [1.54, 1.807) is 30.5 Å². The summed E-state index contributed by atoms with van der Waals surface area (Å²) in [7, 11) is 0. The fourth-order valence-electron chi connectivity index (χ4n) is 1.97. The molecular weight excluding hydrogens is 292 g/mol. The Morgan fingerprint density at radius 1 is 1.04 bits per heavy atom. The van der Waals surface area contributed by atoms with E-state index >= 15 is 0 Å². The molecule has 0 aliphatic rings. The van der Waals surface area contributed by atoms with Crippen LogP contribution >= 0.6 is 0 Å². The Morgan fingerprint density at radius 3 is 2.43 bits per heavy atom. The Hall–Kier alpha value is -2.82. The van der Waals surface area contributed by atoms with E-state index < -0.39 is 0 Å². The van der Waals surface area contributed by atoms with E-state index in [2.05, 4.69) is 10.5 Å². The van der Waals surface area contributed by atoms with Crippen molar-refractivity contribution in [1.82, 2.24) is 5.43 Å². The first-order valence-electron chi connectivity index (χ1n) is 7.52. The lowest BCUT2D eigenvalue weighted by Crippen LogP contribution is -2.17. The van der Waals surface area contributed by atoms with Crippen LogP contribution in [-0.2, 0) is 0 Å². The number of rotatable bonds is 7. The molecule has 0 atom stereocenters. The normalized spacial score (nSPS) is 10.5. The molecule has 5 nitrogen and oxygen atoms in total. The minimum atomic E-state index is -0.252. The van der Waals surface area contributed by atoms with Gasteiger partial charge in [0.25, 0.3) is 5.91 Å². The maximum absolute atomic E-state index is 11.9. The molecule has 1 N–H and O–H groups in total. The van der Waals surface area contributed by atoms with Crippen LogP contribution in [0.4, 0.5) is 0 Å². The first-order chi connectivity index (χ1) is 11.2. The molecule has 0 aromatic heterocycles. The molecule has 5 heteroatoms. The number of carbonyl (C=O) groups excluding carboxylic acids is 1. The lowest BCUT2D eigenvalue weighted by Gasteiger charge is -2.11. The molecule has 0 bridgehead atoms. The summed E-state index contributed by atoms with van der Waals surface area (Å²) < 4.78 is 11.1. The van der Waals surface area contributed by atoms with E-state index in [4.69, 9.17) is 9.47 Å². The van der Waals surface area contributed by atoms with Gasteiger partial charge in [-0.05, 0) is 49.7 Å². The fourth-order valence-corrected chi connectivity index (χ4v) is 1.97. The van der Waals surface area contributed by atoms with Crippen LogP contribution in [0.3, 0.4) is 0 Å². The molecule has 0 heterocycles. The zero-order valence-electron chi connectivity index (χ0n) is 13.3. The van der Waals surface area contributed by atoms with Gasteiger partial charge in [-0.2, -0.15) is 5.10 Å². The van der Waals surface area contributed by atoms with Crippen molar-refractivity contribution in [2.24, 2.45) is 5.10 Å². The minimum Gasteiger partial charge on any atom is -0.490 e. The molecule has 0 spiro atoms. The summed E-state index contributed by atoms with van der Waals surface area (Å²) >= 11 is 0. The van der Waals surface area contributed by atoms with Gasteiger partial charge in [0, 0.05) is 5.56 Å². The van der Waals surface area contributed by atoms with Crippen LogP contribution in [0.5, 0.6) is 11.5 Å². The number of hydrogen-bond donors (Lipinski definition) is 1. The number of amides is 1. The average molecular weight is 312 g/mol. The highest BCUT2D eigenvalue weighted by molar-refractivity contribution is 5.94. The highest BCUT2D eigenvalue weighted by Gasteiger charge is 2.05. The second kappa shape index (κ2) is 8.58. The van der Waals surface area contributed by atoms with Gasteiger partial charge >= 0.3 is 0 Å². The fraction of sp³-hybridized carbons (Fsp3) is 0.222. The van der Waals surface area contributed by atoms with Gasteiger partial charge in [-0.15, -0.1) is 0 Å². The van der Waals surface area contributed by atoms with E-state index in [1.165, 1.54) is 0 Å². The predicted octanol–water partition coefficient (Wildman–Crippen LogP) is 3.25. The van der Waals surface area contributed by atoms with Crippen LogP contribution < -0.4 is 14.9 Å². The minimum absolute atomic E-state index is 0.252. The number of hydrazone groups is 1. The van der Waals surface area contributed by atoms with E-state index in [0.717, 1.165) is 5.56 Å². The molecule has 0 aliphatic carbocycles. The largest absolute Gasteiger partial charge is 0.490 e. The second-order valence-electron chi connectivity index (χ2n) is 4.64. The lowest BCUT2D eigenvalue weighted by atomic mass is 10.2. The van der Waals surface area contributed by atoms with Gasteiger partial charge in [-0.3, -0.25) is 4.79 Å². The molecule has 0 aliphatic heterocycles. The third-order valence-corrected chi connectivity index (χ3v) is 2.98. The standard InChI is InChI=1S/C18H20N2O3/c1-3-22-16-11-10-14(12-17(16)23-4-2)13-19-20-18(21)15-8-6-5-7-9-15/h5-13H,3-4H2,1-2H3,(H,20,21)/b19-13+. The Morgan fingerprint density at radius 2 is 1.74 bits per heavy atom. The molecular formula is C18H20N2O3. The lowest BCUT2D eigenvalue weighted by molar-refractivity contribution is 0.0955. The Labute approximate surface area is 135 Å². The van der Waals surface area contributed by atoms with Gasteiger partial charge in [0.15, 0.2) is 11.5 Å². The van der Waals surface area contributed by atoms with E-state index in [9.17, 15) is 4.79 Å². The summed E-state index contributed by atoms with van der Waals surface area (Å²) in [6, 6.07) is 14.4. The van der Waals surface area contributed by atoms with Crippen LogP contribution in [0.2, 0.25) is 0 Å². The highest BCUT2D eigenvalue weighted by Crippen LogP contribution is 2.27. The number of nitrogens with zero attached hydrogens (tertiary/aromatic N) is 1. The Balaban J connectivity index is 2.04. The third-order valence-electron chi connectivity index (χ3n) is 2.98.